The molecule has 0 saturated carbocycles. The maximum Gasteiger partial charge on any atom is 0.338 e. The van der Waals surface area contributed by atoms with Crippen LogP contribution in [-0.4, -0.2) is 49.6 Å². The van der Waals surface area contributed by atoms with E-state index in [2.05, 4.69) is 15.9 Å². The predicted octanol–water partition coefficient (Wildman–Crippen LogP) is 3.87. The van der Waals surface area contributed by atoms with Gasteiger partial charge in [0.25, 0.3) is 11.8 Å². The van der Waals surface area contributed by atoms with Crippen LogP contribution in [0.3, 0.4) is 0 Å². The van der Waals surface area contributed by atoms with E-state index in [1.807, 2.05) is 13.0 Å². The van der Waals surface area contributed by atoms with E-state index in [0.29, 0.717) is 23.6 Å². The van der Waals surface area contributed by atoms with Gasteiger partial charge in [-0.25, -0.2) is 9.69 Å². The first kappa shape index (κ1) is 21.7. The van der Waals surface area contributed by atoms with E-state index in [0.717, 1.165) is 14.3 Å². The van der Waals surface area contributed by atoms with E-state index in [-0.39, 0.29) is 18.7 Å². The monoisotopic (exact) mass is 472 g/mol. The van der Waals surface area contributed by atoms with Gasteiger partial charge in [0, 0.05) is 17.1 Å². The van der Waals surface area contributed by atoms with Crippen molar-refractivity contribution in [3.05, 3.63) is 64.1 Å². The number of barbiturate groups is 1. The Bertz CT molecular complexity index is 990. The number of amides is 4. The Morgan fingerprint density at radius 2 is 1.77 bits per heavy atom. The smallest absolute Gasteiger partial charge is 0.338 e. The minimum Gasteiger partial charge on any atom is -0.493 e. The number of halogens is 1. The van der Waals surface area contributed by atoms with E-state index in [1.54, 1.807) is 42.5 Å². The Kier molecular flexibility index (Phi) is 7.02. The number of ether oxygens (including phenoxy) is 2. The minimum absolute atomic E-state index is 0.0267. The second kappa shape index (κ2) is 9.69. The average Bonchev–Trinajstić information content (AvgIpc) is 2.74. The molecular formula is C22H21BrN2O5. The van der Waals surface area contributed by atoms with Crippen LogP contribution in [0.1, 0.15) is 12.5 Å². The van der Waals surface area contributed by atoms with Gasteiger partial charge >= 0.3 is 6.03 Å². The zero-order chi connectivity index (χ0) is 21.7. The summed E-state index contributed by atoms with van der Waals surface area (Å²) in [6, 6.07) is 13.1. The molecule has 1 fully saturated rings. The van der Waals surface area contributed by atoms with E-state index in [1.165, 1.54) is 13.2 Å². The fourth-order valence-corrected chi connectivity index (χ4v) is 3.41. The number of benzene rings is 2. The largest absolute Gasteiger partial charge is 0.493 e. The minimum atomic E-state index is -0.704. The van der Waals surface area contributed by atoms with Gasteiger partial charge in [0.2, 0.25) is 0 Å². The lowest BCUT2D eigenvalue weighted by molar-refractivity contribution is -0.129. The molecule has 1 aliphatic heterocycles. The molecule has 1 saturated heterocycles. The van der Waals surface area contributed by atoms with Gasteiger partial charge in [-0.3, -0.25) is 14.5 Å². The molecule has 7 nitrogen and oxygen atoms in total. The maximum absolute atomic E-state index is 13.2. The number of carbonyl (C=O) groups excluding carboxylic acids is 3. The van der Waals surface area contributed by atoms with E-state index in [9.17, 15) is 14.4 Å². The van der Waals surface area contributed by atoms with Gasteiger partial charge in [0.1, 0.15) is 11.3 Å². The van der Waals surface area contributed by atoms with Crippen molar-refractivity contribution in [2.75, 3.05) is 31.8 Å². The van der Waals surface area contributed by atoms with Crippen molar-refractivity contribution in [3.8, 4) is 5.75 Å². The topological polar surface area (TPSA) is 76.2 Å². The van der Waals surface area contributed by atoms with Gasteiger partial charge in [-0.2, -0.15) is 0 Å². The fraction of sp³-hybridized carbons (Fsp3) is 0.227. The standard InChI is InChI=1S/C22H21BrN2O5/c1-3-30-19-10-9-16(23)13-15(19)14-18-20(26)24(11-12-29-2)22(28)25(21(18)27)17-7-5-4-6-8-17/h4-10,13-14H,3,11-12H2,1-2H3. The third-order valence-corrected chi connectivity index (χ3v) is 4.93. The molecule has 30 heavy (non-hydrogen) atoms. The molecule has 0 radical (unpaired) electrons. The van der Waals surface area contributed by atoms with E-state index >= 15 is 0 Å². The predicted molar refractivity (Wildman–Crippen MR) is 116 cm³/mol. The van der Waals surface area contributed by atoms with Crippen LogP contribution >= 0.6 is 15.9 Å². The zero-order valence-corrected chi connectivity index (χ0v) is 18.2. The van der Waals surface area contributed by atoms with Crippen LogP contribution in [0.4, 0.5) is 10.5 Å². The number of imide groups is 2. The van der Waals surface area contributed by atoms with Crippen molar-refractivity contribution in [2.24, 2.45) is 0 Å². The van der Waals surface area contributed by atoms with Gasteiger partial charge in [0.15, 0.2) is 0 Å². The molecule has 4 amide bonds. The molecule has 0 unspecified atom stereocenters. The number of rotatable bonds is 7. The Labute approximate surface area is 183 Å². The lowest BCUT2D eigenvalue weighted by Gasteiger charge is -2.33. The molecule has 0 aromatic heterocycles. The number of nitrogens with zero attached hydrogens (tertiary/aromatic N) is 2. The second-order valence-corrected chi connectivity index (χ2v) is 7.30. The highest BCUT2D eigenvalue weighted by Crippen LogP contribution is 2.30. The summed E-state index contributed by atoms with van der Waals surface area (Å²) in [5.74, 6) is -0.829. The van der Waals surface area contributed by atoms with Gasteiger partial charge in [-0.1, -0.05) is 34.1 Å². The molecule has 3 rings (SSSR count). The maximum atomic E-state index is 13.2. The van der Waals surface area contributed by atoms with Gasteiger partial charge < -0.3 is 9.47 Å². The molecule has 0 spiro atoms. The first-order valence-corrected chi connectivity index (χ1v) is 10.2. The Morgan fingerprint density at radius 1 is 1.03 bits per heavy atom. The third-order valence-electron chi connectivity index (χ3n) is 4.44. The number of carbonyl (C=O) groups is 3. The highest BCUT2D eigenvalue weighted by molar-refractivity contribution is 9.10. The van der Waals surface area contributed by atoms with Gasteiger partial charge in [0.05, 0.1) is 25.4 Å². The summed E-state index contributed by atoms with van der Waals surface area (Å²) in [4.78, 5) is 41.3. The second-order valence-electron chi connectivity index (χ2n) is 6.38. The highest BCUT2D eigenvalue weighted by atomic mass is 79.9. The third kappa shape index (κ3) is 4.44. The van der Waals surface area contributed by atoms with Crippen molar-refractivity contribution in [3.63, 3.8) is 0 Å². The van der Waals surface area contributed by atoms with E-state index in [4.69, 9.17) is 9.47 Å². The van der Waals surface area contributed by atoms with Gasteiger partial charge in [-0.05, 0) is 43.3 Å². The first-order valence-electron chi connectivity index (χ1n) is 9.36. The Morgan fingerprint density at radius 3 is 2.43 bits per heavy atom. The van der Waals surface area contributed by atoms with Crippen LogP contribution in [0.25, 0.3) is 6.08 Å². The summed E-state index contributed by atoms with van der Waals surface area (Å²) in [5, 5.41) is 0. The molecule has 0 aliphatic carbocycles. The summed E-state index contributed by atoms with van der Waals surface area (Å²) < 4.78 is 11.4. The van der Waals surface area contributed by atoms with Crippen LogP contribution in [0.2, 0.25) is 0 Å². The number of urea groups is 1. The summed E-state index contributed by atoms with van der Waals surface area (Å²) >= 11 is 3.40. The molecule has 1 heterocycles. The molecular weight excluding hydrogens is 452 g/mol. The summed E-state index contributed by atoms with van der Waals surface area (Å²) in [7, 11) is 1.48. The zero-order valence-electron chi connectivity index (χ0n) is 16.6. The molecule has 2 aromatic carbocycles. The molecule has 156 valence electrons. The van der Waals surface area contributed by atoms with Crippen LogP contribution in [0.15, 0.2) is 58.6 Å². The molecule has 0 N–H and O–H groups in total. The number of hydrogen-bond donors (Lipinski definition) is 0. The van der Waals surface area contributed by atoms with Crippen molar-refractivity contribution < 1.29 is 23.9 Å². The van der Waals surface area contributed by atoms with Crippen LogP contribution < -0.4 is 9.64 Å². The van der Waals surface area contributed by atoms with Crippen LogP contribution in [-0.2, 0) is 14.3 Å². The molecule has 2 aromatic rings. The van der Waals surface area contributed by atoms with Crippen molar-refractivity contribution in [1.82, 2.24) is 4.90 Å². The average molecular weight is 473 g/mol. The summed E-state index contributed by atoms with van der Waals surface area (Å²) in [6.07, 6.45) is 1.46. The van der Waals surface area contributed by atoms with Crippen molar-refractivity contribution >= 4 is 45.5 Å². The van der Waals surface area contributed by atoms with Crippen LogP contribution in [0, 0.1) is 0 Å². The quantitative estimate of drug-likeness (QED) is 0.451. The van der Waals surface area contributed by atoms with E-state index < -0.39 is 17.8 Å². The Balaban J connectivity index is 2.11. The highest BCUT2D eigenvalue weighted by Gasteiger charge is 2.42. The number of methoxy groups -OCH3 is 1. The molecule has 1 aliphatic rings. The normalized spacial score (nSPS) is 15.8. The van der Waals surface area contributed by atoms with Crippen molar-refractivity contribution in [2.45, 2.75) is 6.92 Å². The van der Waals surface area contributed by atoms with Crippen LogP contribution in [0.5, 0.6) is 5.75 Å². The lowest BCUT2D eigenvalue weighted by Crippen LogP contribution is -2.57. The number of para-hydroxylation sites is 1. The van der Waals surface area contributed by atoms with Crippen molar-refractivity contribution in [1.29, 1.82) is 0 Å². The summed E-state index contributed by atoms with van der Waals surface area (Å²) in [5.41, 5.74) is 0.804. The molecule has 0 bridgehead atoms. The SMILES string of the molecule is CCOc1ccc(Br)cc1C=C1C(=O)N(CCOC)C(=O)N(c2ccccc2)C1=O. The Hall–Kier alpha value is -2.97. The molecule has 0 atom stereocenters. The first-order chi connectivity index (χ1) is 14.5. The molecule has 8 heteroatoms. The summed E-state index contributed by atoms with van der Waals surface area (Å²) in [6.45, 7) is 2.45. The fourth-order valence-electron chi connectivity index (χ4n) is 3.03. The van der Waals surface area contributed by atoms with Gasteiger partial charge in [-0.15, -0.1) is 0 Å². The lowest BCUT2D eigenvalue weighted by atomic mass is 10.0. The number of hydrogen-bond acceptors (Lipinski definition) is 5. The number of anilines is 1.